The van der Waals surface area contributed by atoms with E-state index < -0.39 is 0 Å². The zero-order chi connectivity index (χ0) is 15.0. The number of hydrogen-bond donors (Lipinski definition) is 1. The molecule has 1 aromatic carbocycles. The molecule has 0 aliphatic heterocycles. The van der Waals surface area contributed by atoms with Gasteiger partial charge in [0.25, 0.3) is 0 Å². The third kappa shape index (κ3) is 2.73. The minimum Gasteiger partial charge on any atom is -0.395 e. The van der Waals surface area contributed by atoms with E-state index in [4.69, 9.17) is 5.11 Å². The Morgan fingerprint density at radius 1 is 1.25 bits per heavy atom. The summed E-state index contributed by atoms with van der Waals surface area (Å²) in [6.45, 7) is 6.99. The Morgan fingerprint density at radius 2 is 1.80 bits per heavy atom. The monoisotopic (exact) mass is 275 g/mol. The Balaban J connectivity index is 2.21. The average Bonchev–Trinajstić information content (AvgIpc) is 3.19. The van der Waals surface area contributed by atoms with E-state index in [1.807, 2.05) is 0 Å². The molecule has 20 heavy (non-hydrogen) atoms. The maximum absolute atomic E-state index is 12.5. The van der Waals surface area contributed by atoms with E-state index in [-0.39, 0.29) is 23.3 Å². The lowest BCUT2D eigenvalue weighted by Crippen LogP contribution is -2.38. The Kier molecular flexibility index (Phi) is 3.92. The Bertz CT molecular complexity index is 481. The minimum atomic E-state index is -0.333. The quantitative estimate of drug-likeness (QED) is 0.917. The number of rotatable bonds is 4. The van der Waals surface area contributed by atoms with Crippen LogP contribution in [0.4, 0.5) is 0 Å². The van der Waals surface area contributed by atoms with Gasteiger partial charge in [-0.3, -0.25) is 4.79 Å². The van der Waals surface area contributed by atoms with Crippen LogP contribution in [0.3, 0.4) is 0 Å². The molecule has 0 saturated heterocycles. The number of carbonyl (C=O) groups is 1. The van der Waals surface area contributed by atoms with Crippen molar-refractivity contribution >= 4 is 5.91 Å². The Morgan fingerprint density at radius 3 is 2.20 bits per heavy atom. The zero-order valence-electron chi connectivity index (χ0n) is 12.9. The first-order valence-corrected chi connectivity index (χ1v) is 7.29. The van der Waals surface area contributed by atoms with Gasteiger partial charge in [0.15, 0.2) is 0 Å². The van der Waals surface area contributed by atoms with Crippen LogP contribution >= 0.6 is 0 Å². The molecule has 0 spiro atoms. The van der Waals surface area contributed by atoms with Crippen LogP contribution in [0.1, 0.15) is 44.7 Å². The lowest BCUT2D eigenvalue weighted by atomic mass is 9.84. The highest BCUT2D eigenvalue weighted by Gasteiger charge is 2.52. The predicted octanol–water partition coefficient (Wildman–Crippen LogP) is 2.47. The Hall–Kier alpha value is -1.35. The van der Waals surface area contributed by atoms with Gasteiger partial charge in [-0.05, 0) is 29.4 Å². The van der Waals surface area contributed by atoms with Gasteiger partial charge in [-0.2, -0.15) is 0 Å². The summed E-state index contributed by atoms with van der Waals surface area (Å²) in [5.41, 5.74) is 2.20. The van der Waals surface area contributed by atoms with Crippen molar-refractivity contribution in [3.05, 3.63) is 35.4 Å². The molecule has 3 heteroatoms. The van der Waals surface area contributed by atoms with E-state index in [1.54, 1.807) is 11.9 Å². The molecule has 0 bridgehead atoms. The van der Waals surface area contributed by atoms with Crippen molar-refractivity contribution in [3.63, 3.8) is 0 Å². The number of benzene rings is 1. The number of carbonyl (C=O) groups excluding carboxylic acids is 1. The zero-order valence-corrected chi connectivity index (χ0v) is 12.9. The van der Waals surface area contributed by atoms with E-state index >= 15 is 0 Å². The van der Waals surface area contributed by atoms with Crippen LogP contribution in [-0.4, -0.2) is 36.1 Å². The molecule has 0 aromatic heterocycles. The summed E-state index contributed by atoms with van der Waals surface area (Å²) in [5.74, 6) is 0.134. The standard InChI is InChI=1S/C17H25NO2/c1-16(2,3)13-5-7-14(8-6-13)17(9-10-17)15(20)18(4)11-12-19/h5-8,19H,9-12H2,1-4H3. The highest BCUT2D eigenvalue weighted by atomic mass is 16.3. The van der Waals surface area contributed by atoms with Crippen LogP contribution < -0.4 is 0 Å². The molecule has 1 fully saturated rings. The van der Waals surface area contributed by atoms with Crippen LogP contribution in [-0.2, 0) is 15.6 Å². The normalized spacial score (nSPS) is 16.9. The third-order valence-electron chi connectivity index (χ3n) is 4.25. The second-order valence-electron chi connectivity index (χ2n) is 6.86. The van der Waals surface area contributed by atoms with Crippen LogP contribution in [0.5, 0.6) is 0 Å². The van der Waals surface area contributed by atoms with Crippen molar-refractivity contribution in [2.45, 2.75) is 44.4 Å². The largest absolute Gasteiger partial charge is 0.395 e. The molecule has 0 atom stereocenters. The van der Waals surface area contributed by atoms with E-state index in [1.165, 1.54) is 5.56 Å². The van der Waals surface area contributed by atoms with Crippen molar-refractivity contribution in [2.24, 2.45) is 0 Å². The molecule has 0 heterocycles. The number of likely N-dealkylation sites (N-methyl/N-ethyl adjacent to an activating group) is 1. The van der Waals surface area contributed by atoms with Gasteiger partial charge in [-0.15, -0.1) is 0 Å². The average molecular weight is 275 g/mol. The second kappa shape index (κ2) is 5.21. The topological polar surface area (TPSA) is 40.5 Å². The summed E-state index contributed by atoms with van der Waals surface area (Å²) in [6, 6.07) is 8.46. The van der Waals surface area contributed by atoms with Gasteiger partial charge in [0.1, 0.15) is 0 Å². The summed E-state index contributed by atoms with van der Waals surface area (Å²) in [5, 5.41) is 8.97. The molecular formula is C17H25NO2. The highest BCUT2D eigenvalue weighted by molar-refractivity contribution is 5.91. The number of aliphatic hydroxyl groups is 1. The smallest absolute Gasteiger partial charge is 0.233 e. The van der Waals surface area contributed by atoms with Crippen LogP contribution in [0, 0.1) is 0 Å². The molecule has 1 amide bonds. The van der Waals surface area contributed by atoms with Gasteiger partial charge >= 0.3 is 0 Å². The molecule has 1 aliphatic rings. The molecule has 1 saturated carbocycles. The molecular weight excluding hydrogens is 250 g/mol. The molecule has 0 radical (unpaired) electrons. The van der Waals surface area contributed by atoms with Crippen LogP contribution in [0.2, 0.25) is 0 Å². The van der Waals surface area contributed by atoms with E-state index in [0.29, 0.717) is 6.54 Å². The molecule has 2 rings (SSSR count). The fourth-order valence-electron chi connectivity index (χ4n) is 2.66. The number of aliphatic hydroxyl groups excluding tert-OH is 1. The minimum absolute atomic E-state index is 0.0152. The van der Waals surface area contributed by atoms with Crippen LogP contribution in [0.15, 0.2) is 24.3 Å². The second-order valence-corrected chi connectivity index (χ2v) is 6.86. The molecule has 3 nitrogen and oxygen atoms in total. The lowest BCUT2D eigenvalue weighted by molar-refractivity contribution is -0.133. The van der Waals surface area contributed by atoms with Crippen molar-refractivity contribution < 1.29 is 9.90 Å². The van der Waals surface area contributed by atoms with Gasteiger partial charge < -0.3 is 10.0 Å². The van der Waals surface area contributed by atoms with Gasteiger partial charge in [0.05, 0.1) is 12.0 Å². The molecule has 1 N–H and O–H groups in total. The van der Waals surface area contributed by atoms with Gasteiger partial charge in [0.2, 0.25) is 5.91 Å². The van der Waals surface area contributed by atoms with Crippen molar-refractivity contribution in [1.82, 2.24) is 4.90 Å². The van der Waals surface area contributed by atoms with E-state index in [2.05, 4.69) is 45.0 Å². The maximum Gasteiger partial charge on any atom is 0.233 e. The summed E-state index contributed by atoms with van der Waals surface area (Å²) >= 11 is 0. The number of hydrogen-bond acceptors (Lipinski definition) is 2. The lowest BCUT2D eigenvalue weighted by Gasteiger charge is -2.24. The van der Waals surface area contributed by atoms with Gasteiger partial charge in [-0.1, -0.05) is 45.0 Å². The van der Waals surface area contributed by atoms with Crippen LogP contribution in [0.25, 0.3) is 0 Å². The first-order chi connectivity index (χ1) is 9.31. The number of amides is 1. The van der Waals surface area contributed by atoms with Crippen molar-refractivity contribution in [3.8, 4) is 0 Å². The SMILES string of the molecule is CN(CCO)C(=O)C1(c2ccc(C(C)(C)C)cc2)CC1. The van der Waals surface area contributed by atoms with Crippen molar-refractivity contribution in [1.29, 1.82) is 0 Å². The molecule has 1 aromatic rings. The summed E-state index contributed by atoms with van der Waals surface area (Å²) in [6.07, 6.45) is 1.83. The third-order valence-corrected chi connectivity index (χ3v) is 4.25. The summed E-state index contributed by atoms with van der Waals surface area (Å²) in [4.78, 5) is 14.2. The molecule has 1 aliphatic carbocycles. The van der Waals surface area contributed by atoms with E-state index in [0.717, 1.165) is 18.4 Å². The first-order valence-electron chi connectivity index (χ1n) is 7.29. The van der Waals surface area contributed by atoms with Gasteiger partial charge in [0, 0.05) is 13.6 Å². The maximum atomic E-state index is 12.5. The Labute approximate surface area is 121 Å². The fourth-order valence-corrected chi connectivity index (χ4v) is 2.66. The summed E-state index contributed by atoms with van der Waals surface area (Å²) in [7, 11) is 1.77. The fraction of sp³-hybridized carbons (Fsp3) is 0.588. The number of nitrogens with zero attached hydrogens (tertiary/aromatic N) is 1. The van der Waals surface area contributed by atoms with Gasteiger partial charge in [-0.25, -0.2) is 0 Å². The highest BCUT2D eigenvalue weighted by Crippen LogP contribution is 2.49. The molecule has 0 unspecified atom stereocenters. The van der Waals surface area contributed by atoms with Crippen molar-refractivity contribution in [2.75, 3.05) is 20.2 Å². The molecule has 110 valence electrons. The summed E-state index contributed by atoms with van der Waals surface area (Å²) < 4.78 is 0. The first kappa shape index (κ1) is 15.0. The predicted molar refractivity (Wildman–Crippen MR) is 80.8 cm³/mol. The van der Waals surface area contributed by atoms with E-state index in [9.17, 15) is 4.79 Å².